The molecule has 0 aliphatic carbocycles. The van der Waals surface area contributed by atoms with E-state index in [1.54, 1.807) is 42.5 Å². The summed E-state index contributed by atoms with van der Waals surface area (Å²) in [4.78, 5) is 11.8. The molecule has 2 N–H and O–H groups in total. The average molecular weight is 298 g/mol. The number of nitrogens with one attached hydrogen (secondary N) is 1. The molecule has 2 aromatic carbocycles. The van der Waals surface area contributed by atoms with E-state index < -0.39 is 0 Å². The van der Waals surface area contributed by atoms with E-state index in [1.807, 2.05) is 0 Å². The molecule has 0 atom stereocenters. The van der Waals surface area contributed by atoms with Gasteiger partial charge in [0.05, 0.1) is 12.6 Å². The predicted molar refractivity (Wildman–Crippen MR) is 80.1 cm³/mol. The van der Waals surface area contributed by atoms with Gasteiger partial charge in [-0.1, -0.05) is 18.2 Å². The maximum Gasteiger partial charge on any atom is 0.244 e. The Morgan fingerprint density at radius 1 is 1.23 bits per heavy atom. The van der Waals surface area contributed by atoms with Crippen LogP contribution in [-0.4, -0.2) is 24.0 Å². The number of phenolic OH excluding ortho intramolecular Hbond substituents is 1. The molecule has 0 unspecified atom stereocenters. The van der Waals surface area contributed by atoms with Gasteiger partial charge in [0.15, 0.2) is 11.5 Å². The van der Waals surface area contributed by atoms with Crippen LogP contribution in [0.3, 0.4) is 0 Å². The predicted octanol–water partition coefficient (Wildman–Crippen LogP) is 1.81. The monoisotopic (exact) mass is 298 g/mol. The third kappa shape index (κ3) is 3.17. The van der Waals surface area contributed by atoms with Gasteiger partial charge in [0.2, 0.25) is 12.7 Å². The molecule has 0 saturated heterocycles. The first kappa shape index (κ1) is 13.9. The molecule has 0 bridgehead atoms. The summed E-state index contributed by atoms with van der Waals surface area (Å²) < 4.78 is 10.5. The zero-order chi connectivity index (χ0) is 15.4. The van der Waals surface area contributed by atoms with E-state index in [0.717, 1.165) is 5.56 Å². The summed E-state index contributed by atoms with van der Waals surface area (Å²) in [6, 6.07) is 12.1. The molecule has 0 spiro atoms. The van der Waals surface area contributed by atoms with Crippen molar-refractivity contribution in [3.63, 3.8) is 0 Å². The number of ether oxygens (including phenoxy) is 2. The lowest BCUT2D eigenvalue weighted by atomic mass is 10.1. The number of aromatic hydroxyl groups is 1. The van der Waals surface area contributed by atoms with E-state index in [0.29, 0.717) is 17.1 Å². The van der Waals surface area contributed by atoms with Crippen LogP contribution in [0.1, 0.15) is 11.1 Å². The third-order valence-electron chi connectivity index (χ3n) is 3.13. The Labute approximate surface area is 127 Å². The van der Waals surface area contributed by atoms with Gasteiger partial charge in [-0.05, 0) is 29.8 Å². The first-order valence-electron chi connectivity index (χ1n) is 6.71. The van der Waals surface area contributed by atoms with Gasteiger partial charge >= 0.3 is 0 Å². The molecule has 0 saturated carbocycles. The van der Waals surface area contributed by atoms with Crippen molar-refractivity contribution in [1.82, 2.24) is 5.43 Å². The van der Waals surface area contributed by atoms with Gasteiger partial charge in [0, 0.05) is 5.56 Å². The van der Waals surface area contributed by atoms with Crippen LogP contribution in [-0.2, 0) is 11.2 Å². The zero-order valence-electron chi connectivity index (χ0n) is 11.7. The van der Waals surface area contributed by atoms with Crippen molar-refractivity contribution in [3.8, 4) is 17.2 Å². The lowest BCUT2D eigenvalue weighted by Crippen LogP contribution is -2.19. The van der Waals surface area contributed by atoms with Crippen LogP contribution in [0.4, 0.5) is 0 Å². The maximum absolute atomic E-state index is 11.8. The van der Waals surface area contributed by atoms with Gasteiger partial charge in [-0.15, -0.1) is 0 Å². The standard InChI is InChI=1S/C16H14N2O4/c19-13-4-2-1-3-12(13)9-17-18-16(20)8-11-5-6-14-15(7-11)22-10-21-14/h1-7,9,19H,8,10H2,(H,18,20)/b17-9+. The fraction of sp³-hybridized carbons (Fsp3) is 0.125. The largest absolute Gasteiger partial charge is 0.507 e. The molecule has 1 heterocycles. The SMILES string of the molecule is O=C(Cc1ccc2c(c1)OCO2)N/N=C/c1ccccc1O. The summed E-state index contributed by atoms with van der Waals surface area (Å²) in [5.41, 5.74) is 3.76. The number of hydrogen-bond donors (Lipinski definition) is 2. The molecule has 2 aromatic rings. The van der Waals surface area contributed by atoms with Crippen molar-refractivity contribution in [2.45, 2.75) is 6.42 Å². The first-order valence-corrected chi connectivity index (χ1v) is 6.71. The zero-order valence-corrected chi connectivity index (χ0v) is 11.7. The van der Waals surface area contributed by atoms with Crippen LogP contribution < -0.4 is 14.9 Å². The topological polar surface area (TPSA) is 80.2 Å². The summed E-state index contributed by atoms with van der Waals surface area (Å²) in [6.45, 7) is 0.204. The lowest BCUT2D eigenvalue weighted by molar-refractivity contribution is -0.120. The molecule has 0 aromatic heterocycles. The second-order valence-electron chi connectivity index (χ2n) is 4.72. The highest BCUT2D eigenvalue weighted by molar-refractivity contribution is 5.85. The second kappa shape index (κ2) is 6.17. The molecule has 1 aliphatic rings. The van der Waals surface area contributed by atoms with Crippen LogP contribution >= 0.6 is 0 Å². The Morgan fingerprint density at radius 3 is 2.91 bits per heavy atom. The van der Waals surface area contributed by atoms with Gasteiger partial charge in [0.1, 0.15) is 5.75 Å². The summed E-state index contributed by atoms with van der Waals surface area (Å²) >= 11 is 0. The highest BCUT2D eigenvalue weighted by Gasteiger charge is 2.14. The minimum absolute atomic E-state index is 0.108. The minimum atomic E-state index is -0.259. The number of fused-ring (bicyclic) bond motifs is 1. The van der Waals surface area contributed by atoms with Crippen molar-refractivity contribution in [2.75, 3.05) is 6.79 Å². The van der Waals surface area contributed by atoms with Crippen LogP contribution in [0.15, 0.2) is 47.6 Å². The van der Waals surface area contributed by atoms with Crippen LogP contribution in [0.2, 0.25) is 0 Å². The van der Waals surface area contributed by atoms with Gasteiger partial charge in [0.25, 0.3) is 0 Å². The maximum atomic E-state index is 11.8. The molecule has 3 rings (SSSR count). The Bertz CT molecular complexity index is 728. The molecule has 112 valence electrons. The normalized spacial score (nSPS) is 12.5. The molecule has 1 aliphatic heterocycles. The number of hydrazone groups is 1. The molecule has 6 heteroatoms. The Morgan fingerprint density at radius 2 is 2.05 bits per heavy atom. The van der Waals surface area contributed by atoms with Gasteiger partial charge in [-0.3, -0.25) is 4.79 Å². The molecular weight excluding hydrogens is 284 g/mol. The molecule has 1 amide bonds. The second-order valence-corrected chi connectivity index (χ2v) is 4.72. The number of hydrogen-bond acceptors (Lipinski definition) is 5. The molecule has 0 fully saturated rings. The van der Waals surface area contributed by atoms with Crippen molar-refractivity contribution in [3.05, 3.63) is 53.6 Å². The van der Waals surface area contributed by atoms with E-state index in [4.69, 9.17) is 9.47 Å². The van der Waals surface area contributed by atoms with Crippen molar-refractivity contribution < 1.29 is 19.4 Å². The summed E-state index contributed by atoms with van der Waals surface area (Å²) in [5.74, 6) is 1.17. The van der Waals surface area contributed by atoms with Gasteiger partial charge in [-0.2, -0.15) is 5.10 Å². The van der Waals surface area contributed by atoms with Crippen LogP contribution in [0.5, 0.6) is 17.2 Å². The summed E-state index contributed by atoms with van der Waals surface area (Å²) in [6.07, 6.45) is 1.57. The van der Waals surface area contributed by atoms with E-state index in [1.165, 1.54) is 6.21 Å². The van der Waals surface area contributed by atoms with Gasteiger partial charge < -0.3 is 14.6 Å². The van der Waals surface area contributed by atoms with E-state index in [-0.39, 0.29) is 24.9 Å². The van der Waals surface area contributed by atoms with Crippen LogP contribution in [0.25, 0.3) is 0 Å². The number of benzene rings is 2. The Balaban J connectivity index is 1.58. The Kier molecular flexibility index (Phi) is 3.91. The number of nitrogens with zero attached hydrogens (tertiary/aromatic N) is 1. The third-order valence-corrected chi connectivity index (χ3v) is 3.13. The van der Waals surface area contributed by atoms with E-state index in [2.05, 4.69) is 10.5 Å². The number of phenols is 1. The smallest absolute Gasteiger partial charge is 0.244 e. The fourth-order valence-electron chi connectivity index (χ4n) is 2.05. The molecular formula is C16H14N2O4. The van der Waals surface area contributed by atoms with Crippen molar-refractivity contribution in [1.29, 1.82) is 0 Å². The van der Waals surface area contributed by atoms with Crippen molar-refractivity contribution >= 4 is 12.1 Å². The van der Waals surface area contributed by atoms with Crippen molar-refractivity contribution in [2.24, 2.45) is 5.10 Å². The van der Waals surface area contributed by atoms with Crippen LogP contribution in [0, 0.1) is 0 Å². The highest BCUT2D eigenvalue weighted by atomic mass is 16.7. The summed E-state index contributed by atoms with van der Waals surface area (Å²) in [7, 11) is 0. The Hall–Kier alpha value is -3.02. The van der Waals surface area contributed by atoms with E-state index >= 15 is 0 Å². The lowest BCUT2D eigenvalue weighted by Gasteiger charge is -2.02. The highest BCUT2D eigenvalue weighted by Crippen LogP contribution is 2.32. The first-order chi connectivity index (χ1) is 10.7. The van der Waals surface area contributed by atoms with E-state index in [9.17, 15) is 9.90 Å². The molecule has 22 heavy (non-hydrogen) atoms. The molecule has 0 radical (unpaired) electrons. The number of para-hydroxylation sites is 1. The molecule has 6 nitrogen and oxygen atoms in total. The average Bonchev–Trinajstić information content (AvgIpc) is 2.97. The number of carbonyl (C=O) groups is 1. The van der Waals surface area contributed by atoms with Gasteiger partial charge in [-0.25, -0.2) is 5.43 Å². The number of amides is 1. The number of rotatable bonds is 4. The number of carbonyl (C=O) groups excluding carboxylic acids is 1. The minimum Gasteiger partial charge on any atom is -0.507 e. The summed E-state index contributed by atoms with van der Waals surface area (Å²) in [5, 5.41) is 13.4. The quantitative estimate of drug-likeness (QED) is 0.666. The fourth-order valence-corrected chi connectivity index (χ4v) is 2.05.